The van der Waals surface area contributed by atoms with Crippen LogP contribution >= 0.6 is 0 Å². The Hall–Kier alpha value is -1.30. The van der Waals surface area contributed by atoms with Crippen molar-refractivity contribution in [2.75, 3.05) is 27.2 Å². The molecule has 1 atom stereocenters. The summed E-state index contributed by atoms with van der Waals surface area (Å²) in [6, 6.07) is -0.263. The number of nitrogens with two attached hydrogens (primary N) is 1. The summed E-state index contributed by atoms with van der Waals surface area (Å²) in [6.45, 7) is 3.19. The standard InChI is InChI=1S/C11H22N4O2/c1-8(10(16)14(2)3)13-9-4-6-15(7-5-9)11(12)17/h8-9,13H,4-7H2,1-3H3,(H2,12,17). The predicted octanol–water partition coefficient (Wildman–Crippen LogP) is -0.404. The molecule has 1 saturated heterocycles. The Morgan fingerprint density at radius 3 is 2.29 bits per heavy atom. The van der Waals surface area contributed by atoms with E-state index in [1.54, 1.807) is 23.9 Å². The lowest BCUT2D eigenvalue weighted by molar-refractivity contribution is -0.130. The molecule has 0 aromatic heterocycles. The van der Waals surface area contributed by atoms with Crippen LogP contribution in [0.25, 0.3) is 0 Å². The number of urea groups is 1. The van der Waals surface area contributed by atoms with E-state index in [-0.39, 0.29) is 24.0 Å². The van der Waals surface area contributed by atoms with Gasteiger partial charge in [0.05, 0.1) is 6.04 Å². The zero-order chi connectivity index (χ0) is 13.0. The molecule has 1 unspecified atom stereocenters. The molecule has 1 rings (SSSR count). The maximum Gasteiger partial charge on any atom is 0.314 e. The molecule has 0 aliphatic carbocycles. The van der Waals surface area contributed by atoms with Crippen LogP contribution in [-0.2, 0) is 4.79 Å². The van der Waals surface area contributed by atoms with Gasteiger partial charge in [0.1, 0.15) is 0 Å². The lowest BCUT2D eigenvalue weighted by Crippen LogP contribution is -2.51. The van der Waals surface area contributed by atoms with E-state index < -0.39 is 0 Å². The summed E-state index contributed by atoms with van der Waals surface area (Å²) < 4.78 is 0. The first kappa shape index (κ1) is 13.8. The summed E-state index contributed by atoms with van der Waals surface area (Å²) in [5.74, 6) is 0.0716. The van der Waals surface area contributed by atoms with E-state index in [0.717, 1.165) is 12.8 Å². The van der Waals surface area contributed by atoms with Gasteiger partial charge in [-0.1, -0.05) is 0 Å². The Morgan fingerprint density at radius 2 is 1.88 bits per heavy atom. The lowest BCUT2D eigenvalue weighted by Gasteiger charge is -2.33. The third kappa shape index (κ3) is 3.89. The van der Waals surface area contributed by atoms with Gasteiger partial charge in [0, 0.05) is 33.2 Å². The normalized spacial score (nSPS) is 18.9. The minimum Gasteiger partial charge on any atom is -0.351 e. The van der Waals surface area contributed by atoms with Crippen LogP contribution in [0.3, 0.4) is 0 Å². The van der Waals surface area contributed by atoms with Gasteiger partial charge in [-0.3, -0.25) is 4.79 Å². The fraction of sp³-hybridized carbons (Fsp3) is 0.818. The van der Waals surface area contributed by atoms with Crippen LogP contribution < -0.4 is 11.1 Å². The molecule has 17 heavy (non-hydrogen) atoms. The summed E-state index contributed by atoms with van der Waals surface area (Å²) in [4.78, 5) is 25.8. The van der Waals surface area contributed by atoms with E-state index in [9.17, 15) is 9.59 Å². The lowest BCUT2D eigenvalue weighted by atomic mass is 10.0. The van der Waals surface area contributed by atoms with Crippen molar-refractivity contribution in [3.8, 4) is 0 Å². The van der Waals surface area contributed by atoms with E-state index in [4.69, 9.17) is 5.73 Å². The van der Waals surface area contributed by atoms with Gasteiger partial charge in [-0.05, 0) is 19.8 Å². The highest BCUT2D eigenvalue weighted by Gasteiger charge is 2.24. The van der Waals surface area contributed by atoms with Crippen molar-refractivity contribution >= 4 is 11.9 Å². The number of amides is 3. The van der Waals surface area contributed by atoms with Gasteiger partial charge in [-0.2, -0.15) is 0 Å². The maximum absolute atomic E-state index is 11.7. The van der Waals surface area contributed by atoms with Crippen molar-refractivity contribution in [3.05, 3.63) is 0 Å². The van der Waals surface area contributed by atoms with Gasteiger partial charge in [0.2, 0.25) is 5.91 Å². The summed E-state index contributed by atoms with van der Waals surface area (Å²) in [7, 11) is 3.49. The van der Waals surface area contributed by atoms with Crippen LogP contribution in [0.5, 0.6) is 0 Å². The average molecular weight is 242 g/mol. The predicted molar refractivity (Wildman–Crippen MR) is 65.5 cm³/mol. The number of rotatable bonds is 3. The van der Waals surface area contributed by atoms with E-state index in [1.807, 2.05) is 6.92 Å². The van der Waals surface area contributed by atoms with E-state index >= 15 is 0 Å². The van der Waals surface area contributed by atoms with E-state index in [2.05, 4.69) is 5.32 Å². The van der Waals surface area contributed by atoms with Crippen molar-refractivity contribution in [3.63, 3.8) is 0 Å². The van der Waals surface area contributed by atoms with Gasteiger partial charge >= 0.3 is 6.03 Å². The first-order valence-electron chi connectivity index (χ1n) is 5.93. The number of hydrogen-bond acceptors (Lipinski definition) is 3. The molecule has 0 spiro atoms. The molecule has 0 aromatic carbocycles. The number of carbonyl (C=O) groups is 2. The molecule has 6 nitrogen and oxygen atoms in total. The summed E-state index contributed by atoms with van der Waals surface area (Å²) in [5.41, 5.74) is 5.21. The molecule has 0 bridgehead atoms. The molecular weight excluding hydrogens is 220 g/mol. The van der Waals surface area contributed by atoms with Crippen LogP contribution in [0, 0.1) is 0 Å². The molecule has 3 amide bonds. The molecule has 1 aliphatic rings. The van der Waals surface area contributed by atoms with Crippen LogP contribution in [0.4, 0.5) is 4.79 Å². The Balaban J connectivity index is 2.35. The van der Waals surface area contributed by atoms with Crippen LogP contribution in [0.15, 0.2) is 0 Å². The van der Waals surface area contributed by atoms with Crippen molar-refractivity contribution in [1.29, 1.82) is 0 Å². The largest absolute Gasteiger partial charge is 0.351 e. The first-order valence-corrected chi connectivity index (χ1v) is 5.93. The number of nitrogens with one attached hydrogen (secondary N) is 1. The first-order chi connectivity index (χ1) is 7.91. The molecule has 6 heteroatoms. The molecular formula is C11H22N4O2. The molecule has 0 radical (unpaired) electrons. The second-order valence-electron chi connectivity index (χ2n) is 4.72. The third-order valence-corrected chi connectivity index (χ3v) is 3.10. The molecule has 1 heterocycles. The second kappa shape index (κ2) is 5.86. The van der Waals surface area contributed by atoms with Gasteiger partial charge in [0.15, 0.2) is 0 Å². The van der Waals surface area contributed by atoms with Gasteiger partial charge < -0.3 is 20.9 Å². The SMILES string of the molecule is CC(NC1CCN(C(N)=O)CC1)C(=O)N(C)C. The monoisotopic (exact) mass is 242 g/mol. The van der Waals surface area contributed by atoms with Gasteiger partial charge in [-0.15, -0.1) is 0 Å². The van der Waals surface area contributed by atoms with Gasteiger partial charge in [-0.25, -0.2) is 4.79 Å². The summed E-state index contributed by atoms with van der Waals surface area (Å²) in [5, 5.41) is 3.29. The summed E-state index contributed by atoms with van der Waals surface area (Å²) >= 11 is 0. The van der Waals surface area contributed by atoms with Crippen molar-refractivity contribution in [1.82, 2.24) is 15.1 Å². The minimum atomic E-state index is -0.360. The van der Waals surface area contributed by atoms with Crippen molar-refractivity contribution in [2.24, 2.45) is 5.73 Å². The third-order valence-electron chi connectivity index (χ3n) is 3.10. The van der Waals surface area contributed by atoms with Crippen LogP contribution in [0.2, 0.25) is 0 Å². The maximum atomic E-state index is 11.7. The topological polar surface area (TPSA) is 78.7 Å². The Bertz CT molecular complexity index is 285. The number of likely N-dealkylation sites (N-methyl/N-ethyl adjacent to an activating group) is 1. The smallest absolute Gasteiger partial charge is 0.314 e. The highest BCUT2D eigenvalue weighted by Crippen LogP contribution is 2.10. The van der Waals surface area contributed by atoms with E-state index in [1.165, 1.54) is 0 Å². The zero-order valence-electron chi connectivity index (χ0n) is 10.8. The fourth-order valence-electron chi connectivity index (χ4n) is 2.08. The Labute approximate surface area is 102 Å². The quantitative estimate of drug-likeness (QED) is 0.706. The number of nitrogens with zero attached hydrogens (tertiary/aromatic N) is 2. The van der Waals surface area contributed by atoms with E-state index in [0.29, 0.717) is 13.1 Å². The molecule has 0 aromatic rings. The zero-order valence-corrected chi connectivity index (χ0v) is 10.8. The molecule has 1 fully saturated rings. The highest BCUT2D eigenvalue weighted by molar-refractivity contribution is 5.80. The Kier molecular flexibility index (Phi) is 4.74. The fourth-order valence-corrected chi connectivity index (χ4v) is 2.08. The number of likely N-dealkylation sites (tertiary alicyclic amines) is 1. The number of hydrogen-bond donors (Lipinski definition) is 2. The molecule has 1 aliphatic heterocycles. The molecule has 0 saturated carbocycles. The number of primary amides is 1. The average Bonchev–Trinajstić information content (AvgIpc) is 2.28. The second-order valence-corrected chi connectivity index (χ2v) is 4.72. The minimum absolute atomic E-state index is 0.0716. The number of carbonyl (C=O) groups excluding carboxylic acids is 2. The molecule has 98 valence electrons. The van der Waals surface area contributed by atoms with Crippen molar-refractivity contribution in [2.45, 2.75) is 31.8 Å². The van der Waals surface area contributed by atoms with Crippen molar-refractivity contribution < 1.29 is 9.59 Å². The van der Waals surface area contributed by atoms with Crippen LogP contribution in [-0.4, -0.2) is 61.0 Å². The number of piperidine rings is 1. The Morgan fingerprint density at radius 1 is 1.35 bits per heavy atom. The molecule has 3 N–H and O–H groups in total. The highest BCUT2D eigenvalue weighted by atomic mass is 16.2. The van der Waals surface area contributed by atoms with Crippen LogP contribution in [0.1, 0.15) is 19.8 Å². The van der Waals surface area contributed by atoms with Gasteiger partial charge in [0.25, 0.3) is 0 Å². The summed E-state index contributed by atoms with van der Waals surface area (Å²) in [6.07, 6.45) is 1.68.